The maximum Gasteiger partial charge on any atom is 0.530 e. The summed E-state index contributed by atoms with van der Waals surface area (Å²) in [5, 5.41) is 0. The van der Waals surface area contributed by atoms with E-state index in [0.717, 1.165) is 12.8 Å². The summed E-state index contributed by atoms with van der Waals surface area (Å²) in [7, 11) is 2.25. The Hall–Kier alpha value is 0.0569. The van der Waals surface area contributed by atoms with Crippen molar-refractivity contribution in [2.75, 3.05) is 21.3 Å². The van der Waals surface area contributed by atoms with Gasteiger partial charge in [0.25, 0.3) is 0 Å². The smallest absolute Gasteiger partial charge is 0.375 e. The SMILES string of the molecule is CO[Si](OC)(OC)C(C)OC1CCCCC1. The number of hydrogen-bond acceptors (Lipinski definition) is 4. The highest BCUT2D eigenvalue weighted by atomic mass is 28.4. The van der Waals surface area contributed by atoms with Crippen LogP contribution < -0.4 is 0 Å². The quantitative estimate of drug-likeness (QED) is 0.675. The van der Waals surface area contributed by atoms with Gasteiger partial charge in [-0.15, -0.1) is 0 Å². The van der Waals surface area contributed by atoms with E-state index in [-0.39, 0.29) is 5.73 Å². The van der Waals surface area contributed by atoms with Gasteiger partial charge in [0, 0.05) is 21.3 Å². The molecule has 0 amide bonds. The fourth-order valence-corrected chi connectivity index (χ4v) is 4.18. The molecule has 1 aliphatic rings. The Bertz CT molecular complexity index is 182. The van der Waals surface area contributed by atoms with Gasteiger partial charge < -0.3 is 18.0 Å². The second-order valence-corrected chi connectivity index (χ2v) is 7.50. The molecule has 0 N–H and O–H groups in total. The highest BCUT2D eigenvalue weighted by Gasteiger charge is 2.46. The zero-order chi connectivity index (χ0) is 12.0. The Labute approximate surface area is 99.6 Å². The normalized spacial score (nSPS) is 21.0. The van der Waals surface area contributed by atoms with Gasteiger partial charge in [-0.25, -0.2) is 0 Å². The number of hydrogen-bond donors (Lipinski definition) is 0. The second-order valence-electron chi connectivity index (χ2n) is 4.25. The van der Waals surface area contributed by atoms with E-state index in [2.05, 4.69) is 0 Å². The predicted molar refractivity (Wildman–Crippen MR) is 64.2 cm³/mol. The first-order valence-corrected chi connectivity index (χ1v) is 7.79. The second kappa shape index (κ2) is 6.71. The molecule has 1 saturated carbocycles. The van der Waals surface area contributed by atoms with E-state index >= 15 is 0 Å². The van der Waals surface area contributed by atoms with Gasteiger partial charge in [-0.1, -0.05) is 19.3 Å². The standard InChI is InChI=1S/C11H24O4Si/c1-10(16(12-2,13-3)14-4)15-11-8-6-5-7-9-11/h10-11H,5-9H2,1-4H3. The van der Waals surface area contributed by atoms with Gasteiger partial charge in [0.2, 0.25) is 0 Å². The molecule has 1 rings (SSSR count). The van der Waals surface area contributed by atoms with Crippen LogP contribution in [0.4, 0.5) is 0 Å². The first-order chi connectivity index (χ1) is 7.68. The summed E-state index contributed by atoms with van der Waals surface area (Å²) in [5.41, 5.74) is -0.101. The molecule has 96 valence electrons. The van der Waals surface area contributed by atoms with Gasteiger partial charge in [-0.3, -0.25) is 0 Å². The maximum absolute atomic E-state index is 6.02. The Morgan fingerprint density at radius 1 is 0.938 bits per heavy atom. The molecule has 4 nitrogen and oxygen atoms in total. The summed E-state index contributed by atoms with van der Waals surface area (Å²) in [5.74, 6) is 0. The third-order valence-corrected chi connectivity index (χ3v) is 6.14. The van der Waals surface area contributed by atoms with Crippen molar-refractivity contribution in [2.45, 2.75) is 50.9 Å². The van der Waals surface area contributed by atoms with E-state index in [1.54, 1.807) is 21.3 Å². The van der Waals surface area contributed by atoms with Crippen molar-refractivity contribution in [1.29, 1.82) is 0 Å². The summed E-state index contributed by atoms with van der Waals surface area (Å²) in [6.45, 7) is 1.98. The van der Waals surface area contributed by atoms with Crippen molar-refractivity contribution in [3.05, 3.63) is 0 Å². The van der Waals surface area contributed by atoms with Crippen LogP contribution >= 0.6 is 0 Å². The van der Waals surface area contributed by atoms with E-state index in [1.165, 1.54) is 19.3 Å². The molecule has 16 heavy (non-hydrogen) atoms. The van der Waals surface area contributed by atoms with Crippen molar-refractivity contribution in [3.8, 4) is 0 Å². The van der Waals surface area contributed by atoms with Crippen LogP contribution in [0.1, 0.15) is 39.0 Å². The number of ether oxygens (including phenoxy) is 1. The Balaban J connectivity index is 2.50. The van der Waals surface area contributed by atoms with E-state index in [0.29, 0.717) is 6.10 Å². The molecular formula is C11H24O4Si. The fraction of sp³-hybridized carbons (Fsp3) is 1.00. The molecule has 0 spiro atoms. The van der Waals surface area contributed by atoms with Crippen LogP contribution in [0.5, 0.6) is 0 Å². The molecule has 0 radical (unpaired) electrons. The summed E-state index contributed by atoms with van der Waals surface area (Å²) in [4.78, 5) is 0. The van der Waals surface area contributed by atoms with Crippen molar-refractivity contribution >= 4 is 8.80 Å². The molecule has 1 unspecified atom stereocenters. The van der Waals surface area contributed by atoms with Crippen LogP contribution in [0.3, 0.4) is 0 Å². The number of rotatable bonds is 6. The Morgan fingerprint density at radius 3 is 1.88 bits per heavy atom. The molecule has 0 heterocycles. The monoisotopic (exact) mass is 248 g/mol. The molecular weight excluding hydrogens is 224 g/mol. The van der Waals surface area contributed by atoms with E-state index in [4.69, 9.17) is 18.0 Å². The highest BCUT2D eigenvalue weighted by Crippen LogP contribution is 2.24. The minimum absolute atomic E-state index is 0.101. The molecule has 5 heteroatoms. The lowest BCUT2D eigenvalue weighted by molar-refractivity contribution is -0.0333. The maximum atomic E-state index is 6.02. The first-order valence-electron chi connectivity index (χ1n) is 5.99. The van der Waals surface area contributed by atoms with Gasteiger partial charge in [0.1, 0.15) is 5.73 Å². The van der Waals surface area contributed by atoms with Crippen LogP contribution in [0, 0.1) is 0 Å². The molecule has 0 aromatic carbocycles. The van der Waals surface area contributed by atoms with Crippen LogP contribution in [-0.4, -0.2) is 42.0 Å². The lowest BCUT2D eigenvalue weighted by atomic mass is 9.98. The van der Waals surface area contributed by atoms with Gasteiger partial charge in [0.05, 0.1) is 6.10 Å². The van der Waals surface area contributed by atoms with Crippen molar-refractivity contribution in [2.24, 2.45) is 0 Å². The summed E-state index contributed by atoms with van der Waals surface area (Å²) in [6.07, 6.45) is 6.49. The lowest BCUT2D eigenvalue weighted by Crippen LogP contribution is -2.55. The van der Waals surface area contributed by atoms with Crippen LogP contribution in [0.15, 0.2) is 0 Å². The van der Waals surface area contributed by atoms with Crippen molar-refractivity contribution < 1.29 is 18.0 Å². The van der Waals surface area contributed by atoms with Crippen LogP contribution in [0.2, 0.25) is 0 Å². The van der Waals surface area contributed by atoms with Gasteiger partial charge in [0.15, 0.2) is 0 Å². The molecule has 1 atom stereocenters. The van der Waals surface area contributed by atoms with Crippen molar-refractivity contribution in [1.82, 2.24) is 0 Å². The summed E-state index contributed by atoms with van der Waals surface area (Å²) >= 11 is 0. The largest absolute Gasteiger partial charge is 0.530 e. The van der Waals surface area contributed by atoms with Crippen LogP contribution in [0.25, 0.3) is 0 Å². The molecule has 0 aromatic heterocycles. The predicted octanol–water partition coefficient (Wildman–Crippen LogP) is 2.14. The average Bonchev–Trinajstić information content (AvgIpc) is 2.33. The van der Waals surface area contributed by atoms with E-state index in [9.17, 15) is 0 Å². The Kier molecular flexibility index (Phi) is 5.92. The zero-order valence-electron chi connectivity index (χ0n) is 10.8. The summed E-state index contributed by atoms with van der Waals surface area (Å²) in [6, 6.07) is 0. The third-order valence-electron chi connectivity index (χ3n) is 3.30. The minimum Gasteiger partial charge on any atom is -0.375 e. The lowest BCUT2D eigenvalue weighted by Gasteiger charge is -2.33. The third kappa shape index (κ3) is 3.27. The minimum atomic E-state index is -2.63. The Morgan fingerprint density at radius 2 is 1.44 bits per heavy atom. The molecule has 0 aliphatic heterocycles. The van der Waals surface area contributed by atoms with E-state index < -0.39 is 8.80 Å². The van der Waals surface area contributed by atoms with Gasteiger partial charge >= 0.3 is 8.80 Å². The highest BCUT2D eigenvalue weighted by molar-refractivity contribution is 6.61. The molecule has 0 bridgehead atoms. The molecule has 0 aromatic rings. The van der Waals surface area contributed by atoms with Gasteiger partial charge in [-0.05, 0) is 19.8 Å². The first kappa shape index (κ1) is 14.1. The topological polar surface area (TPSA) is 36.9 Å². The molecule has 0 saturated heterocycles. The van der Waals surface area contributed by atoms with Crippen molar-refractivity contribution in [3.63, 3.8) is 0 Å². The van der Waals surface area contributed by atoms with Crippen LogP contribution in [-0.2, 0) is 18.0 Å². The van der Waals surface area contributed by atoms with Gasteiger partial charge in [-0.2, -0.15) is 0 Å². The zero-order valence-corrected chi connectivity index (χ0v) is 11.8. The average molecular weight is 248 g/mol. The molecule has 1 aliphatic carbocycles. The molecule has 1 fully saturated rings. The van der Waals surface area contributed by atoms with E-state index in [1.807, 2.05) is 6.92 Å². The summed E-state index contributed by atoms with van der Waals surface area (Å²) < 4.78 is 22.2. The fourth-order valence-electron chi connectivity index (χ4n) is 2.32.